The molecule has 0 amide bonds. The third-order valence-corrected chi connectivity index (χ3v) is 3.24. The van der Waals surface area contributed by atoms with E-state index in [4.69, 9.17) is 5.26 Å². The molecule has 0 radical (unpaired) electrons. The van der Waals surface area contributed by atoms with E-state index in [1.54, 1.807) is 6.07 Å². The molecule has 3 heteroatoms. The molecule has 0 atom stereocenters. The van der Waals surface area contributed by atoms with E-state index in [1.165, 1.54) is 11.3 Å². The predicted molar refractivity (Wildman–Crippen MR) is 70.7 cm³/mol. The number of anilines is 2. The number of para-hydroxylation sites is 1. The van der Waals surface area contributed by atoms with Crippen LogP contribution in [0.5, 0.6) is 0 Å². The quantitative estimate of drug-likeness (QED) is 0.762. The number of benzene rings is 1. The smallest absolute Gasteiger partial charge is 0.142 e. The molecule has 3 rings (SSSR count). The van der Waals surface area contributed by atoms with Gasteiger partial charge in [-0.3, -0.25) is 0 Å². The van der Waals surface area contributed by atoms with Gasteiger partial charge in [0.2, 0.25) is 0 Å². The van der Waals surface area contributed by atoms with Gasteiger partial charge in [-0.25, -0.2) is 4.98 Å². The van der Waals surface area contributed by atoms with Gasteiger partial charge in [0.1, 0.15) is 17.6 Å². The van der Waals surface area contributed by atoms with Crippen LogP contribution >= 0.6 is 0 Å². The molecule has 0 spiro atoms. The van der Waals surface area contributed by atoms with E-state index in [0.717, 1.165) is 25.2 Å². The Balaban J connectivity index is 2.06. The van der Waals surface area contributed by atoms with Crippen molar-refractivity contribution in [3.63, 3.8) is 0 Å². The summed E-state index contributed by atoms with van der Waals surface area (Å²) in [6, 6.07) is 16.1. The largest absolute Gasteiger partial charge is 0.326 e. The molecule has 3 nitrogen and oxygen atoms in total. The number of nitrogens with zero attached hydrogens (tertiary/aromatic N) is 3. The summed E-state index contributed by atoms with van der Waals surface area (Å²) in [7, 11) is 0. The summed E-state index contributed by atoms with van der Waals surface area (Å²) in [6.45, 7) is 0.957. The second-order valence-electron chi connectivity index (χ2n) is 4.38. The Labute approximate surface area is 106 Å². The molecule has 2 aromatic rings. The van der Waals surface area contributed by atoms with Crippen molar-refractivity contribution in [1.82, 2.24) is 4.98 Å². The average molecular weight is 235 g/mol. The minimum Gasteiger partial charge on any atom is -0.326 e. The highest BCUT2D eigenvalue weighted by molar-refractivity contribution is 5.65. The number of nitriles is 1. The number of fused-ring (bicyclic) bond motifs is 1. The zero-order chi connectivity index (χ0) is 12.4. The number of pyridine rings is 1. The van der Waals surface area contributed by atoms with Crippen LogP contribution in [0, 0.1) is 11.3 Å². The lowest BCUT2D eigenvalue weighted by atomic mass is 10.0. The van der Waals surface area contributed by atoms with E-state index in [9.17, 15) is 0 Å². The van der Waals surface area contributed by atoms with E-state index >= 15 is 0 Å². The molecule has 88 valence electrons. The summed E-state index contributed by atoms with van der Waals surface area (Å²) in [5, 5.41) is 8.92. The van der Waals surface area contributed by atoms with Gasteiger partial charge in [-0.15, -0.1) is 0 Å². The van der Waals surface area contributed by atoms with Crippen molar-refractivity contribution in [2.75, 3.05) is 11.4 Å². The van der Waals surface area contributed by atoms with Crippen molar-refractivity contribution in [2.24, 2.45) is 0 Å². The third-order valence-electron chi connectivity index (χ3n) is 3.24. The first-order valence-corrected chi connectivity index (χ1v) is 6.11. The number of aryl methyl sites for hydroxylation is 1. The van der Waals surface area contributed by atoms with E-state index in [2.05, 4.69) is 34.2 Å². The number of hydrogen-bond acceptors (Lipinski definition) is 3. The second-order valence-corrected chi connectivity index (χ2v) is 4.38. The third kappa shape index (κ3) is 1.82. The summed E-state index contributed by atoms with van der Waals surface area (Å²) in [4.78, 5) is 6.57. The van der Waals surface area contributed by atoms with Gasteiger partial charge in [0.15, 0.2) is 0 Å². The van der Waals surface area contributed by atoms with Crippen molar-refractivity contribution in [2.45, 2.75) is 12.8 Å². The van der Waals surface area contributed by atoms with Crippen LogP contribution in [0.15, 0.2) is 42.5 Å². The van der Waals surface area contributed by atoms with Crippen LogP contribution in [0.1, 0.15) is 17.7 Å². The Hall–Kier alpha value is -2.34. The predicted octanol–water partition coefficient (Wildman–Crippen LogP) is 3.04. The van der Waals surface area contributed by atoms with E-state index in [-0.39, 0.29) is 0 Å². The zero-order valence-corrected chi connectivity index (χ0v) is 10.0. The fourth-order valence-corrected chi connectivity index (χ4v) is 2.41. The lowest BCUT2D eigenvalue weighted by Gasteiger charge is -2.30. The molecule has 1 aliphatic rings. The molecule has 2 heterocycles. The van der Waals surface area contributed by atoms with Crippen LogP contribution in [0.25, 0.3) is 0 Å². The van der Waals surface area contributed by atoms with Gasteiger partial charge in [-0.2, -0.15) is 5.26 Å². The molecular formula is C15H13N3. The molecule has 1 aromatic heterocycles. The highest BCUT2D eigenvalue weighted by Crippen LogP contribution is 2.31. The van der Waals surface area contributed by atoms with Crippen molar-refractivity contribution in [1.29, 1.82) is 5.26 Å². The lowest BCUT2D eigenvalue weighted by Crippen LogP contribution is -2.25. The molecule has 0 fully saturated rings. The molecule has 18 heavy (non-hydrogen) atoms. The number of rotatable bonds is 1. The average Bonchev–Trinajstić information content (AvgIpc) is 2.47. The van der Waals surface area contributed by atoms with Gasteiger partial charge in [0, 0.05) is 12.2 Å². The maximum Gasteiger partial charge on any atom is 0.142 e. The number of hydrogen-bond donors (Lipinski definition) is 0. The first kappa shape index (κ1) is 10.8. The minimum absolute atomic E-state index is 0.468. The van der Waals surface area contributed by atoms with Gasteiger partial charge in [0.05, 0.1) is 0 Å². The first-order valence-electron chi connectivity index (χ1n) is 6.11. The van der Waals surface area contributed by atoms with Crippen LogP contribution < -0.4 is 4.90 Å². The van der Waals surface area contributed by atoms with Gasteiger partial charge in [0.25, 0.3) is 0 Å². The standard InChI is InChI=1S/C15H13N3/c16-11-13-7-3-9-15(17-13)18-10-4-6-12-5-1-2-8-14(12)18/h1-3,5,7-9H,4,6,10H2. The van der Waals surface area contributed by atoms with E-state index in [1.807, 2.05) is 18.2 Å². The molecule has 0 saturated carbocycles. The molecule has 1 aliphatic heterocycles. The number of aromatic nitrogens is 1. The van der Waals surface area contributed by atoms with Crippen molar-refractivity contribution >= 4 is 11.5 Å². The summed E-state index contributed by atoms with van der Waals surface area (Å²) in [5.74, 6) is 0.862. The Bertz CT molecular complexity index is 613. The molecule has 0 aliphatic carbocycles. The van der Waals surface area contributed by atoms with Crippen molar-refractivity contribution in [3.8, 4) is 6.07 Å². The second kappa shape index (κ2) is 4.50. The Kier molecular flexibility index (Phi) is 2.70. The maximum atomic E-state index is 8.92. The molecule has 0 N–H and O–H groups in total. The summed E-state index contributed by atoms with van der Waals surface area (Å²) in [5.41, 5.74) is 3.04. The van der Waals surface area contributed by atoms with Gasteiger partial charge in [-0.05, 0) is 36.6 Å². The zero-order valence-electron chi connectivity index (χ0n) is 10.0. The lowest BCUT2D eigenvalue weighted by molar-refractivity contribution is 0.759. The summed E-state index contributed by atoms with van der Waals surface area (Å²) in [6.07, 6.45) is 2.24. The normalized spacial score (nSPS) is 13.8. The topological polar surface area (TPSA) is 39.9 Å². The van der Waals surface area contributed by atoms with Crippen LogP contribution in [-0.4, -0.2) is 11.5 Å². The Morgan fingerprint density at radius 1 is 1.11 bits per heavy atom. The SMILES string of the molecule is N#Cc1cccc(N2CCCc3ccccc32)n1. The first-order chi connectivity index (χ1) is 8.88. The highest BCUT2D eigenvalue weighted by atomic mass is 15.2. The summed E-state index contributed by atoms with van der Waals surface area (Å²) < 4.78 is 0. The molecule has 0 unspecified atom stereocenters. The minimum atomic E-state index is 0.468. The van der Waals surface area contributed by atoms with E-state index < -0.39 is 0 Å². The Morgan fingerprint density at radius 2 is 2.00 bits per heavy atom. The molecular weight excluding hydrogens is 222 g/mol. The van der Waals surface area contributed by atoms with Gasteiger partial charge >= 0.3 is 0 Å². The van der Waals surface area contributed by atoms with Crippen LogP contribution in [0.2, 0.25) is 0 Å². The van der Waals surface area contributed by atoms with Crippen LogP contribution in [0.4, 0.5) is 11.5 Å². The van der Waals surface area contributed by atoms with E-state index in [0.29, 0.717) is 5.69 Å². The molecule has 0 saturated heterocycles. The van der Waals surface area contributed by atoms with Crippen molar-refractivity contribution < 1.29 is 0 Å². The fourth-order valence-electron chi connectivity index (χ4n) is 2.41. The highest BCUT2D eigenvalue weighted by Gasteiger charge is 2.18. The van der Waals surface area contributed by atoms with Gasteiger partial charge < -0.3 is 4.90 Å². The maximum absolute atomic E-state index is 8.92. The summed E-state index contributed by atoms with van der Waals surface area (Å²) >= 11 is 0. The fraction of sp³-hybridized carbons (Fsp3) is 0.200. The van der Waals surface area contributed by atoms with Crippen LogP contribution in [-0.2, 0) is 6.42 Å². The molecule has 1 aromatic carbocycles. The van der Waals surface area contributed by atoms with Crippen LogP contribution in [0.3, 0.4) is 0 Å². The Morgan fingerprint density at radius 3 is 2.89 bits per heavy atom. The van der Waals surface area contributed by atoms with Crippen molar-refractivity contribution in [3.05, 3.63) is 53.7 Å². The van der Waals surface area contributed by atoms with Gasteiger partial charge in [-0.1, -0.05) is 24.3 Å². The monoisotopic (exact) mass is 235 g/mol. The molecule has 0 bridgehead atoms.